The highest BCUT2D eigenvalue weighted by atomic mass is 28.3. The largest absolute Gasteiger partial charge is 0.465 e. The molecule has 2 aromatic heterocycles. The van der Waals surface area contributed by atoms with Crippen LogP contribution in [0.15, 0.2) is 24.4 Å². The Morgan fingerprint density at radius 1 is 1.12 bits per heavy atom. The number of rotatable bonds is 10. The Labute approximate surface area is 258 Å². The van der Waals surface area contributed by atoms with Crippen molar-refractivity contribution in [1.82, 2.24) is 29.4 Å². The van der Waals surface area contributed by atoms with Crippen LogP contribution in [-0.4, -0.2) is 82.4 Å². The molecule has 0 radical (unpaired) electrons. The third-order valence-corrected chi connectivity index (χ3v) is 15.6. The van der Waals surface area contributed by atoms with E-state index in [1.165, 1.54) is 4.90 Å². The summed E-state index contributed by atoms with van der Waals surface area (Å²) in [5.41, 5.74) is 10.6. The Balaban J connectivity index is 1.78. The molecular formula is C33H50N6O3Si. The number of nitrogens with zero attached hydrogens (tertiary/aromatic N) is 6. The maximum Gasteiger partial charge on any atom is 0.407 e. The van der Waals surface area contributed by atoms with E-state index in [0.717, 1.165) is 59.3 Å². The minimum absolute atomic E-state index is 0.0773. The monoisotopic (exact) mass is 606 g/mol. The Morgan fingerprint density at radius 2 is 1.81 bits per heavy atom. The van der Waals surface area contributed by atoms with Crippen LogP contribution in [-0.2, 0) is 18.3 Å². The van der Waals surface area contributed by atoms with Crippen molar-refractivity contribution >= 4 is 25.1 Å². The fraction of sp³-hybridized carbons (Fsp3) is 0.606. The van der Waals surface area contributed by atoms with Crippen LogP contribution in [0.5, 0.6) is 0 Å². The van der Waals surface area contributed by atoms with Gasteiger partial charge in [-0.15, -0.1) is 5.54 Å². The number of aromatic nitrogens is 4. The van der Waals surface area contributed by atoms with Crippen LogP contribution in [0.25, 0.3) is 22.0 Å². The lowest BCUT2D eigenvalue weighted by atomic mass is 10.0. The maximum atomic E-state index is 11.2. The lowest BCUT2D eigenvalue weighted by Gasteiger charge is -2.38. The van der Waals surface area contributed by atoms with Gasteiger partial charge in [-0.25, -0.2) is 9.48 Å². The molecule has 3 aromatic rings. The van der Waals surface area contributed by atoms with E-state index >= 15 is 0 Å². The average molecular weight is 607 g/mol. The standard InChI is InChI=1S/C33H50N6O3Si/c1-23(2)43(24(3)4,25(5)6)19-15-29-27-20-26(13-14-30(27)39(35-29)32-12-10-11-18-42-32)28-21-34-38(9)31(28)22-36(7)16-17-37(8)33(40)41/h13-14,20-21,23-25,32H,10-12,16-18,22H2,1-9H3,(H,40,41). The Morgan fingerprint density at radius 3 is 2.42 bits per heavy atom. The van der Waals surface area contributed by atoms with Crippen molar-refractivity contribution in [3.63, 3.8) is 0 Å². The fourth-order valence-corrected chi connectivity index (χ4v) is 12.0. The van der Waals surface area contributed by atoms with Gasteiger partial charge in [-0.2, -0.15) is 10.2 Å². The number of amides is 1. The zero-order valence-electron chi connectivity index (χ0n) is 27.5. The zero-order valence-corrected chi connectivity index (χ0v) is 28.5. The normalized spacial score (nSPS) is 16.0. The second-order valence-electron chi connectivity index (χ2n) is 13.1. The van der Waals surface area contributed by atoms with Crippen molar-refractivity contribution in [1.29, 1.82) is 0 Å². The first kappa shape index (κ1) is 32.8. The molecule has 1 atom stereocenters. The first-order valence-electron chi connectivity index (χ1n) is 15.7. The van der Waals surface area contributed by atoms with Crippen LogP contribution in [0.4, 0.5) is 4.79 Å². The van der Waals surface area contributed by atoms with Gasteiger partial charge >= 0.3 is 6.09 Å². The van der Waals surface area contributed by atoms with Gasteiger partial charge in [0.1, 0.15) is 13.8 Å². The average Bonchev–Trinajstić information content (AvgIpc) is 3.51. The molecule has 1 aromatic carbocycles. The van der Waals surface area contributed by atoms with Crippen molar-refractivity contribution in [3.05, 3.63) is 35.8 Å². The van der Waals surface area contributed by atoms with Crippen LogP contribution in [0, 0.1) is 11.5 Å². The number of carboxylic acid groups (broad SMARTS) is 1. The highest BCUT2D eigenvalue weighted by molar-refractivity contribution is 6.90. The Hall–Kier alpha value is -3.13. The van der Waals surface area contributed by atoms with Crippen molar-refractivity contribution < 1.29 is 14.6 Å². The van der Waals surface area contributed by atoms with E-state index in [2.05, 4.69) is 85.9 Å². The molecular weight excluding hydrogens is 556 g/mol. The van der Waals surface area contributed by atoms with Gasteiger partial charge in [0.15, 0.2) is 6.23 Å². The number of ether oxygens (including phenoxy) is 1. The van der Waals surface area contributed by atoms with Crippen LogP contribution in [0.3, 0.4) is 0 Å². The lowest BCUT2D eigenvalue weighted by Crippen LogP contribution is -2.43. The second kappa shape index (κ2) is 13.7. The van der Waals surface area contributed by atoms with Gasteiger partial charge in [-0.3, -0.25) is 9.58 Å². The molecule has 4 rings (SSSR count). The molecule has 3 heterocycles. The predicted molar refractivity (Wildman–Crippen MR) is 176 cm³/mol. The van der Waals surface area contributed by atoms with Gasteiger partial charge in [0.2, 0.25) is 0 Å². The van der Waals surface area contributed by atoms with Gasteiger partial charge < -0.3 is 14.7 Å². The van der Waals surface area contributed by atoms with Crippen LogP contribution in [0.2, 0.25) is 16.6 Å². The molecule has 43 heavy (non-hydrogen) atoms. The molecule has 234 valence electrons. The third-order valence-electron chi connectivity index (χ3n) is 9.33. The molecule has 1 saturated heterocycles. The summed E-state index contributed by atoms with van der Waals surface area (Å²) in [6, 6.07) is 6.52. The zero-order chi connectivity index (χ0) is 31.5. The summed E-state index contributed by atoms with van der Waals surface area (Å²) >= 11 is 0. The molecule has 1 aliphatic rings. The molecule has 0 aliphatic carbocycles. The Bertz CT molecular complexity index is 1450. The summed E-state index contributed by atoms with van der Waals surface area (Å²) < 4.78 is 10.1. The number of carbonyl (C=O) groups is 1. The van der Waals surface area contributed by atoms with E-state index in [4.69, 9.17) is 9.84 Å². The van der Waals surface area contributed by atoms with Crippen molar-refractivity contribution in [3.8, 4) is 22.6 Å². The molecule has 1 N–H and O–H groups in total. The number of aryl methyl sites for hydroxylation is 1. The van der Waals surface area contributed by atoms with Gasteiger partial charge in [-0.05, 0) is 60.6 Å². The summed E-state index contributed by atoms with van der Waals surface area (Å²) in [6.07, 6.45) is 4.08. The molecule has 1 amide bonds. The maximum absolute atomic E-state index is 11.2. The van der Waals surface area contributed by atoms with Gasteiger partial charge in [0.25, 0.3) is 0 Å². The summed E-state index contributed by atoms with van der Waals surface area (Å²) in [4.78, 5) is 14.7. The van der Waals surface area contributed by atoms with E-state index in [1.54, 1.807) is 7.05 Å². The van der Waals surface area contributed by atoms with Crippen molar-refractivity contribution in [2.45, 2.75) is 90.2 Å². The summed E-state index contributed by atoms with van der Waals surface area (Å²) in [5, 5.41) is 20.0. The van der Waals surface area contributed by atoms with E-state index < -0.39 is 14.2 Å². The Kier molecular flexibility index (Phi) is 10.4. The number of fused-ring (bicyclic) bond motifs is 1. The quantitative estimate of drug-likeness (QED) is 0.203. The highest BCUT2D eigenvalue weighted by Crippen LogP contribution is 2.41. The molecule has 1 fully saturated rings. The molecule has 1 unspecified atom stereocenters. The molecule has 0 bridgehead atoms. The number of hydrogen-bond acceptors (Lipinski definition) is 5. The molecule has 0 spiro atoms. The summed E-state index contributed by atoms with van der Waals surface area (Å²) in [5.74, 6) is 3.64. The van der Waals surface area contributed by atoms with E-state index in [-0.39, 0.29) is 6.23 Å². The smallest absolute Gasteiger partial charge is 0.407 e. The van der Waals surface area contributed by atoms with Crippen molar-refractivity contribution in [2.24, 2.45) is 7.05 Å². The SMILES string of the molecule is CC(C)[Si](C#Cc1nn(C2CCCCO2)c2ccc(-c3cnn(C)c3CN(C)CCN(C)C(=O)O)cc12)(C(C)C)C(C)C. The third kappa shape index (κ3) is 6.84. The van der Waals surface area contributed by atoms with Crippen LogP contribution in [0.1, 0.15) is 78.4 Å². The predicted octanol–water partition coefficient (Wildman–Crippen LogP) is 6.75. The van der Waals surface area contributed by atoms with E-state index in [0.29, 0.717) is 36.3 Å². The lowest BCUT2D eigenvalue weighted by molar-refractivity contribution is -0.0367. The van der Waals surface area contributed by atoms with Crippen LogP contribution < -0.4 is 0 Å². The first-order chi connectivity index (χ1) is 20.4. The van der Waals surface area contributed by atoms with Gasteiger partial charge in [-0.1, -0.05) is 53.5 Å². The van der Waals surface area contributed by atoms with Gasteiger partial charge in [0.05, 0.1) is 17.4 Å². The number of likely N-dealkylation sites (N-methyl/N-ethyl adjacent to an activating group) is 2. The molecule has 9 nitrogen and oxygen atoms in total. The molecule has 1 aliphatic heterocycles. The van der Waals surface area contributed by atoms with Gasteiger partial charge in [0, 0.05) is 51.3 Å². The molecule has 0 saturated carbocycles. The topological polar surface area (TPSA) is 88.7 Å². The number of hydrogen-bond donors (Lipinski definition) is 1. The minimum Gasteiger partial charge on any atom is -0.465 e. The summed E-state index contributed by atoms with van der Waals surface area (Å²) in [6.45, 7) is 16.5. The second-order valence-corrected chi connectivity index (χ2v) is 18.6. The van der Waals surface area contributed by atoms with E-state index in [9.17, 15) is 9.90 Å². The summed E-state index contributed by atoms with van der Waals surface area (Å²) in [7, 11) is 3.60. The fourth-order valence-electron chi connectivity index (χ4n) is 6.78. The molecule has 10 heteroatoms. The highest BCUT2D eigenvalue weighted by Gasteiger charge is 2.41. The van der Waals surface area contributed by atoms with Crippen molar-refractivity contribution in [2.75, 3.05) is 33.8 Å². The van der Waals surface area contributed by atoms with E-state index in [1.807, 2.05) is 25.0 Å². The first-order valence-corrected chi connectivity index (χ1v) is 17.9. The number of benzene rings is 1. The van der Waals surface area contributed by atoms with Crippen LogP contribution >= 0.6 is 0 Å². The minimum atomic E-state index is -1.95.